The highest BCUT2D eigenvalue weighted by atomic mass is 127. The van der Waals surface area contributed by atoms with Gasteiger partial charge < -0.3 is 0 Å². The monoisotopic (exact) mass is 509 g/mol. The van der Waals surface area contributed by atoms with E-state index in [1.54, 1.807) is 30.3 Å². The number of fused-ring (bicyclic) bond motifs is 1. The lowest BCUT2D eigenvalue weighted by atomic mass is 10.1. The largest absolute Gasteiger partial charge is 0.271 e. The van der Waals surface area contributed by atoms with Crippen LogP contribution in [0.2, 0.25) is 0 Å². The summed E-state index contributed by atoms with van der Waals surface area (Å²) in [7, 11) is 0. The first kappa shape index (κ1) is 20.0. The number of hydrogen-bond acceptors (Lipinski definition) is 4. The number of nitrogens with zero attached hydrogens (tertiary/aromatic N) is 3. The van der Waals surface area contributed by atoms with Gasteiger partial charge in [0, 0.05) is 15.7 Å². The van der Waals surface area contributed by atoms with Gasteiger partial charge in [0.15, 0.2) is 0 Å². The lowest BCUT2D eigenvalue weighted by Gasteiger charge is -2.11. The first-order valence-corrected chi connectivity index (χ1v) is 10.2. The first-order chi connectivity index (χ1) is 14.4. The number of halogens is 1. The van der Waals surface area contributed by atoms with Crippen molar-refractivity contribution in [2.75, 3.05) is 0 Å². The number of rotatable bonds is 4. The third-order valence-electron chi connectivity index (χ3n) is 4.66. The van der Waals surface area contributed by atoms with Gasteiger partial charge in [-0.25, -0.2) is 4.98 Å². The van der Waals surface area contributed by atoms with Gasteiger partial charge in [0.2, 0.25) is 0 Å². The van der Waals surface area contributed by atoms with Gasteiger partial charge in [-0.3, -0.25) is 19.5 Å². The van der Waals surface area contributed by atoms with E-state index in [1.165, 1.54) is 16.7 Å². The summed E-state index contributed by atoms with van der Waals surface area (Å²) < 4.78 is 2.32. The Bertz CT molecular complexity index is 1360. The lowest BCUT2D eigenvalue weighted by molar-refractivity contribution is -0.384. The van der Waals surface area contributed by atoms with Crippen molar-refractivity contribution in [3.05, 3.63) is 108 Å². The van der Waals surface area contributed by atoms with E-state index in [0.717, 1.165) is 14.7 Å². The number of nitro benzene ring substituents is 1. The molecule has 6 nitrogen and oxygen atoms in total. The molecule has 1 aromatic heterocycles. The molecule has 148 valence electrons. The fourth-order valence-corrected chi connectivity index (χ4v) is 3.62. The van der Waals surface area contributed by atoms with Gasteiger partial charge in [-0.1, -0.05) is 42.0 Å². The van der Waals surface area contributed by atoms with Crippen LogP contribution in [0, 0.1) is 20.6 Å². The lowest BCUT2D eigenvalue weighted by Crippen LogP contribution is -2.22. The number of nitro groups is 1. The van der Waals surface area contributed by atoms with Crippen LogP contribution in [-0.2, 0) is 0 Å². The number of non-ortho nitro benzene ring substituents is 1. The second-order valence-corrected chi connectivity index (χ2v) is 8.04. The van der Waals surface area contributed by atoms with Crippen molar-refractivity contribution >= 4 is 51.3 Å². The highest BCUT2D eigenvalue weighted by molar-refractivity contribution is 14.1. The summed E-state index contributed by atoms with van der Waals surface area (Å²) in [6.07, 6.45) is 3.62. The predicted molar refractivity (Wildman–Crippen MR) is 127 cm³/mol. The van der Waals surface area contributed by atoms with Crippen molar-refractivity contribution in [2.24, 2.45) is 0 Å². The molecule has 0 fully saturated rings. The SMILES string of the molecule is Cc1ccc(/C=C/c2nc3ccc(I)cc3c(=O)n2-c2cccc([N+](=O)[O-])c2)cc1. The number of benzene rings is 3. The average Bonchev–Trinajstić information content (AvgIpc) is 2.74. The molecule has 1 heterocycles. The molecule has 0 amide bonds. The zero-order chi connectivity index (χ0) is 21.3. The van der Waals surface area contributed by atoms with Gasteiger partial charge in [-0.05, 0) is 65.4 Å². The Morgan fingerprint density at radius 1 is 1.03 bits per heavy atom. The minimum absolute atomic E-state index is 0.0874. The Kier molecular flexibility index (Phi) is 5.45. The van der Waals surface area contributed by atoms with Crippen molar-refractivity contribution in [1.29, 1.82) is 0 Å². The van der Waals surface area contributed by atoms with Gasteiger partial charge in [0.05, 0.1) is 21.5 Å². The zero-order valence-corrected chi connectivity index (χ0v) is 18.1. The van der Waals surface area contributed by atoms with Gasteiger partial charge in [0.1, 0.15) is 5.82 Å². The zero-order valence-electron chi connectivity index (χ0n) is 15.9. The summed E-state index contributed by atoms with van der Waals surface area (Å²) in [5.74, 6) is 0.398. The summed E-state index contributed by atoms with van der Waals surface area (Å²) in [5.41, 5.74) is 2.72. The quantitative estimate of drug-likeness (QED) is 0.210. The molecule has 30 heavy (non-hydrogen) atoms. The molecule has 0 aliphatic rings. The van der Waals surface area contributed by atoms with E-state index in [1.807, 2.05) is 43.3 Å². The van der Waals surface area contributed by atoms with Crippen LogP contribution in [0.3, 0.4) is 0 Å². The van der Waals surface area contributed by atoms with Crippen molar-refractivity contribution in [3.63, 3.8) is 0 Å². The molecule has 0 saturated carbocycles. The van der Waals surface area contributed by atoms with E-state index >= 15 is 0 Å². The Morgan fingerprint density at radius 2 is 1.80 bits per heavy atom. The van der Waals surface area contributed by atoms with Crippen LogP contribution in [0.1, 0.15) is 17.0 Å². The van der Waals surface area contributed by atoms with Gasteiger partial charge in [0.25, 0.3) is 11.2 Å². The van der Waals surface area contributed by atoms with E-state index in [4.69, 9.17) is 0 Å². The van der Waals surface area contributed by atoms with Crippen molar-refractivity contribution in [3.8, 4) is 5.69 Å². The molecule has 0 aliphatic heterocycles. The maximum atomic E-state index is 13.4. The third-order valence-corrected chi connectivity index (χ3v) is 5.33. The molecule has 4 rings (SSSR count). The van der Waals surface area contributed by atoms with Gasteiger partial charge in [-0.2, -0.15) is 0 Å². The minimum Gasteiger partial charge on any atom is -0.268 e. The van der Waals surface area contributed by atoms with Crippen molar-refractivity contribution in [1.82, 2.24) is 9.55 Å². The summed E-state index contributed by atoms with van der Waals surface area (Å²) in [6, 6.07) is 19.4. The van der Waals surface area contributed by atoms with Crippen LogP contribution in [0.15, 0.2) is 71.5 Å². The fourth-order valence-electron chi connectivity index (χ4n) is 3.13. The highest BCUT2D eigenvalue weighted by Gasteiger charge is 2.14. The molecule has 0 radical (unpaired) electrons. The Labute approximate surface area is 185 Å². The molecule has 0 N–H and O–H groups in total. The Hall–Kier alpha value is -3.33. The number of aromatic nitrogens is 2. The maximum absolute atomic E-state index is 13.4. The maximum Gasteiger partial charge on any atom is 0.271 e. The van der Waals surface area contributed by atoms with Crippen LogP contribution in [0.4, 0.5) is 5.69 Å². The molecular weight excluding hydrogens is 493 g/mol. The molecule has 0 spiro atoms. The second-order valence-electron chi connectivity index (χ2n) is 6.79. The van der Waals surface area contributed by atoms with E-state index in [0.29, 0.717) is 22.4 Å². The summed E-state index contributed by atoms with van der Waals surface area (Å²) in [6.45, 7) is 2.01. The average molecular weight is 509 g/mol. The van der Waals surface area contributed by atoms with Gasteiger partial charge >= 0.3 is 0 Å². The molecule has 0 aliphatic carbocycles. The predicted octanol–water partition coefficient (Wildman–Crippen LogP) is 5.38. The summed E-state index contributed by atoms with van der Waals surface area (Å²) >= 11 is 2.14. The van der Waals surface area contributed by atoms with Crippen LogP contribution in [0.5, 0.6) is 0 Å². The van der Waals surface area contributed by atoms with E-state index in [-0.39, 0.29) is 11.2 Å². The molecule has 4 aromatic rings. The Balaban J connectivity index is 1.96. The molecule has 0 bridgehead atoms. The second kappa shape index (κ2) is 8.19. The summed E-state index contributed by atoms with van der Waals surface area (Å²) in [5, 5.41) is 11.7. The third kappa shape index (κ3) is 4.02. The van der Waals surface area contributed by atoms with Crippen molar-refractivity contribution < 1.29 is 4.92 Å². The minimum atomic E-state index is -0.478. The summed E-state index contributed by atoms with van der Waals surface area (Å²) in [4.78, 5) is 28.8. The molecular formula is C23H16IN3O3. The molecule has 0 unspecified atom stereocenters. The standard InChI is InChI=1S/C23H16IN3O3/c1-15-5-7-16(8-6-15)9-12-22-25-21-11-10-17(24)13-20(21)23(28)26(22)18-3-2-4-19(14-18)27(29)30/h2-14H,1H3/b12-9+. The highest BCUT2D eigenvalue weighted by Crippen LogP contribution is 2.20. The molecule has 0 saturated heterocycles. The molecule has 0 atom stereocenters. The smallest absolute Gasteiger partial charge is 0.268 e. The first-order valence-electron chi connectivity index (χ1n) is 9.14. The van der Waals surface area contributed by atoms with Gasteiger partial charge in [-0.15, -0.1) is 0 Å². The van der Waals surface area contributed by atoms with Crippen LogP contribution in [-0.4, -0.2) is 14.5 Å². The van der Waals surface area contributed by atoms with E-state index in [9.17, 15) is 14.9 Å². The topological polar surface area (TPSA) is 78.0 Å². The number of aryl methyl sites for hydroxylation is 1. The van der Waals surface area contributed by atoms with Crippen LogP contribution < -0.4 is 5.56 Å². The van der Waals surface area contributed by atoms with Crippen LogP contribution in [0.25, 0.3) is 28.7 Å². The van der Waals surface area contributed by atoms with E-state index in [2.05, 4.69) is 27.6 Å². The molecule has 3 aromatic carbocycles. The van der Waals surface area contributed by atoms with E-state index < -0.39 is 4.92 Å². The normalized spacial score (nSPS) is 11.3. The number of hydrogen-bond donors (Lipinski definition) is 0. The van der Waals surface area contributed by atoms with Crippen LogP contribution >= 0.6 is 22.6 Å². The fraction of sp³-hybridized carbons (Fsp3) is 0.0435. The Morgan fingerprint density at radius 3 is 2.53 bits per heavy atom. The van der Waals surface area contributed by atoms with Crippen molar-refractivity contribution in [2.45, 2.75) is 6.92 Å². The molecule has 7 heteroatoms.